The van der Waals surface area contributed by atoms with Crippen LogP contribution in [0, 0.1) is 6.92 Å². The van der Waals surface area contributed by atoms with E-state index in [1.807, 2.05) is 37.5 Å². The average Bonchev–Trinajstić information content (AvgIpc) is 2.99. The van der Waals surface area contributed by atoms with Crippen molar-refractivity contribution in [2.75, 3.05) is 13.6 Å². The first-order valence-corrected chi connectivity index (χ1v) is 8.23. The van der Waals surface area contributed by atoms with Crippen LogP contribution in [0.2, 0.25) is 0 Å². The van der Waals surface area contributed by atoms with E-state index < -0.39 is 0 Å². The van der Waals surface area contributed by atoms with E-state index in [9.17, 15) is 4.79 Å². The molecule has 1 aromatic carbocycles. The summed E-state index contributed by atoms with van der Waals surface area (Å²) in [7, 11) is 2.06. The molecule has 6 nitrogen and oxygen atoms in total. The van der Waals surface area contributed by atoms with Crippen LogP contribution in [0.25, 0.3) is 10.9 Å². The number of rotatable bonds is 6. The summed E-state index contributed by atoms with van der Waals surface area (Å²) < 4.78 is 2.15. The lowest BCUT2D eigenvalue weighted by Crippen LogP contribution is -2.27. The lowest BCUT2D eigenvalue weighted by Gasteiger charge is -2.24. The normalized spacial score (nSPS) is 12.8. The van der Waals surface area contributed by atoms with Gasteiger partial charge in [0.05, 0.1) is 16.9 Å². The van der Waals surface area contributed by atoms with Crippen molar-refractivity contribution >= 4 is 10.9 Å². The molecule has 1 unspecified atom stereocenters. The Bertz CT molecular complexity index is 882. The van der Waals surface area contributed by atoms with Crippen LogP contribution in [0.15, 0.2) is 41.5 Å². The van der Waals surface area contributed by atoms with Gasteiger partial charge in [0.2, 0.25) is 0 Å². The number of fused-ring (bicyclic) bond motifs is 1. The molecule has 2 aromatic heterocycles. The highest BCUT2D eigenvalue weighted by molar-refractivity contribution is 5.77. The summed E-state index contributed by atoms with van der Waals surface area (Å²) in [5.41, 5.74) is 0.662. The van der Waals surface area contributed by atoms with Gasteiger partial charge in [-0.05, 0) is 39.4 Å². The molecule has 0 aliphatic carbocycles. The standard InChI is InChI=1S/C18H23N5O/c1-13(22(3)10-6-11-23-12-9-19-14(23)2)17-20-16-8-5-4-7-15(16)18(24)21-17/h4-5,7-9,12-13H,6,10-11H2,1-3H3,(H,20,21,24). The molecule has 0 aliphatic heterocycles. The van der Waals surface area contributed by atoms with Gasteiger partial charge in [0.15, 0.2) is 0 Å². The Labute approximate surface area is 141 Å². The molecule has 3 rings (SSSR count). The third-order valence-electron chi connectivity index (χ3n) is 4.52. The van der Waals surface area contributed by atoms with Crippen LogP contribution in [-0.4, -0.2) is 38.0 Å². The zero-order chi connectivity index (χ0) is 17.1. The minimum Gasteiger partial charge on any atom is -0.335 e. The molecule has 0 spiro atoms. The molecule has 24 heavy (non-hydrogen) atoms. The van der Waals surface area contributed by atoms with Gasteiger partial charge in [-0.2, -0.15) is 0 Å². The van der Waals surface area contributed by atoms with E-state index in [0.29, 0.717) is 11.2 Å². The molecule has 2 heterocycles. The quantitative estimate of drug-likeness (QED) is 0.756. The number of aryl methyl sites for hydroxylation is 2. The third kappa shape index (κ3) is 3.38. The zero-order valence-corrected chi connectivity index (χ0v) is 14.4. The largest absolute Gasteiger partial charge is 0.335 e. The molecule has 0 bridgehead atoms. The summed E-state index contributed by atoms with van der Waals surface area (Å²) >= 11 is 0. The summed E-state index contributed by atoms with van der Waals surface area (Å²) in [5, 5.41) is 0.631. The highest BCUT2D eigenvalue weighted by Crippen LogP contribution is 2.16. The molecular formula is C18H23N5O. The van der Waals surface area contributed by atoms with E-state index in [-0.39, 0.29) is 11.6 Å². The first-order chi connectivity index (χ1) is 11.6. The van der Waals surface area contributed by atoms with Gasteiger partial charge in [-0.25, -0.2) is 9.97 Å². The maximum atomic E-state index is 12.2. The SMILES string of the molecule is Cc1nccn1CCCN(C)C(C)c1nc2ccccc2c(=O)[nH]1. The molecule has 0 aliphatic rings. The number of H-pyrrole nitrogens is 1. The smallest absolute Gasteiger partial charge is 0.258 e. The lowest BCUT2D eigenvalue weighted by molar-refractivity contribution is 0.244. The van der Waals surface area contributed by atoms with Gasteiger partial charge < -0.3 is 9.55 Å². The van der Waals surface area contributed by atoms with E-state index >= 15 is 0 Å². The second-order valence-electron chi connectivity index (χ2n) is 6.15. The monoisotopic (exact) mass is 325 g/mol. The molecule has 0 saturated heterocycles. The Hall–Kier alpha value is -2.47. The van der Waals surface area contributed by atoms with E-state index in [0.717, 1.165) is 30.9 Å². The van der Waals surface area contributed by atoms with E-state index in [1.54, 1.807) is 6.07 Å². The first-order valence-electron chi connectivity index (χ1n) is 8.23. The fourth-order valence-corrected chi connectivity index (χ4v) is 2.84. The summed E-state index contributed by atoms with van der Waals surface area (Å²) in [5.74, 6) is 1.74. The fourth-order valence-electron chi connectivity index (χ4n) is 2.84. The van der Waals surface area contributed by atoms with Crippen LogP contribution in [0.4, 0.5) is 0 Å². The van der Waals surface area contributed by atoms with Crippen molar-refractivity contribution in [3.8, 4) is 0 Å². The molecule has 1 N–H and O–H groups in total. The van der Waals surface area contributed by atoms with Crippen LogP contribution in [0.5, 0.6) is 0 Å². The van der Waals surface area contributed by atoms with Gasteiger partial charge in [-0.3, -0.25) is 9.69 Å². The van der Waals surface area contributed by atoms with Gasteiger partial charge in [-0.1, -0.05) is 12.1 Å². The number of hydrogen-bond acceptors (Lipinski definition) is 4. The second-order valence-corrected chi connectivity index (χ2v) is 6.15. The van der Waals surface area contributed by atoms with Gasteiger partial charge in [0, 0.05) is 25.5 Å². The van der Waals surface area contributed by atoms with E-state index in [4.69, 9.17) is 0 Å². The number of aromatic amines is 1. The average molecular weight is 325 g/mol. The Balaban J connectivity index is 1.68. The number of imidazole rings is 1. The van der Waals surface area contributed by atoms with Gasteiger partial charge in [0.1, 0.15) is 11.6 Å². The number of nitrogens with one attached hydrogen (secondary N) is 1. The van der Waals surface area contributed by atoms with Crippen LogP contribution >= 0.6 is 0 Å². The second kappa shape index (κ2) is 6.97. The van der Waals surface area contributed by atoms with Crippen LogP contribution in [0.3, 0.4) is 0 Å². The summed E-state index contributed by atoms with van der Waals surface area (Å²) in [6.45, 7) is 5.92. The van der Waals surface area contributed by atoms with Crippen molar-refractivity contribution in [2.24, 2.45) is 0 Å². The Morgan fingerprint density at radius 2 is 2.12 bits per heavy atom. The molecular weight excluding hydrogens is 302 g/mol. The van der Waals surface area contributed by atoms with Gasteiger partial charge in [0.25, 0.3) is 5.56 Å². The van der Waals surface area contributed by atoms with Crippen molar-refractivity contribution < 1.29 is 0 Å². The predicted octanol–water partition coefficient (Wildman–Crippen LogP) is 2.51. The topological polar surface area (TPSA) is 66.8 Å². The minimum atomic E-state index is -0.0788. The van der Waals surface area contributed by atoms with E-state index in [2.05, 4.69) is 38.4 Å². The third-order valence-corrected chi connectivity index (χ3v) is 4.52. The Morgan fingerprint density at radius 1 is 1.33 bits per heavy atom. The van der Waals surface area contributed by atoms with Crippen LogP contribution in [0.1, 0.15) is 31.0 Å². The first kappa shape index (κ1) is 16.4. The highest BCUT2D eigenvalue weighted by atomic mass is 16.1. The van der Waals surface area contributed by atoms with Crippen molar-refractivity contribution in [3.63, 3.8) is 0 Å². The number of benzene rings is 1. The summed E-state index contributed by atoms with van der Waals surface area (Å²) in [6.07, 6.45) is 4.84. The highest BCUT2D eigenvalue weighted by Gasteiger charge is 2.15. The minimum absolute atomic E-state index is 0.0474. The summed E-state index contributed by atoms with van der Waals surface area (Å²) in [6, 6.07) is 7.48. The van der Waals surface area contributed by atoms with Crippen molar-refractivity contribution in [3.05, 3.63) is 58.7 Å². The molecule has 6 heteroatoms. The van der Waals surface area contributed by atoms with Gasteiger partial charge in [-0.15, -0.1) is 0 Å². The Kier molecular flexibility index (Phi) is 4.76. The Morgan fingerprint density at radius 3 is 2.88 bits per heavy atom. The lowest BCUT2D eigenvalue weighted by atomic mass is 10.2. The molecule has 3 aromatic rings. The number of aromatic nitrogens is 4. The zero-order valence-electron chi connectivity index (χ0n) is 14.4. The van der Waals surface area contributed by atoms with Crippen molar-refractivity contribution in [1.29, 1.82) is 0 Å². The maximum absolute atomic E-state index is 12.2. The van der Waals surface area contributed by atoms with Gasteiger partial charge >= 0.3 is 0 Å². The summed E-state index contributed by atoms with van der Waals surface area (Å²) in [4.78, 5) is 26.2. The molecule has 0 fully saturated rings. The molecule has 0 radical (unpaired) electrons. The number of hydrogen-bond donors (Lipinski definition) is 1. The van der Waals surface area contributed by atoms with E-state index in [1.165, 1.54) is 0 Å². The number of para-hydroxylation sites is 1. The molecule has 126 valence electrons. The maximum Gasteiger partial charge on any atom is 0.258 e. The molecule has 0 saturated carbocycles. The predicted molar refractivity (Wildman–Crippen MR) is 95.0 cm³/mol. The van der Waals surface area contributed by atoms with Crippen LogP contribution < -0.4 is 5.56 Å². The fraction of sp³-hybridized carbons (Fsp3) is 0.389. The van der Waals surface area contributed by atoms with Crippen molar-refractivity contribution in [1.82, 2.24) is 24.4 Å². The van der Waals surface area contributed by atoms with Crippen molar-refractivity contribution in [2.45, 2.75) is 32.9 Å². The number of nitrogens with zero attached hydrogens (tertiary/aromatic N) is 4. The molecule has 0 amide bonds. The molecule has 1 atom stereocenters. The van der Waals surface area contributed by atoms with Crippen LogP contribution in [-0.2, 0) is 6.54 Å².